The van der Waals surface area contributed by atoms with Gasteiger partial charge in [-0.15, -0.1) is 0 Å². The van der Waals surface area contributed by atoms with Crippen LogP contribution in [0.25, 0.3) is 5.69 Å². The lowest BCUT2D eigenvalue weighted by Gasteiger charge is -2.14. The van der Waals surface area contributed by atoms with Crippen molar-refractivity contribution >= 4 is 17.7 Å². The molecule has 7 nitrogen and oxygen atoms in total. The third kappa shape index (κ3) is 4.83. The van der Waals surface area contributed by atoms with Crippen LogP contribution >= 0.6 is 11.8 Å². The first kappa shape index (κ1) is 20.8. The number of H-pyrrole nitrogens is 1. The van der Waals surface area contributed by atoms with Crippen LogP contribution in [0.1, 0.15) is 40.1 Å². The van der Waals surface area contributed by atoms with E-state index in [4.69, 9.17) is 0 Å². The molecule has 0 fully saturated rings. The summed E-state index contributed by atoms with van der Waals surface area (Å²) in [4.78, 5) is 16.8. The minimum atomic E-state index is -0.294. The Balaban J connectivity index is 1.39. The van der Waals surface area contributed by atoms with E-state index in [2.05, 4.69) is 25.6 Å². The SMILES string of the molecule is Cc1c(C(C)NC(=O)c2ccc(CSc3ncn[nH]3)cc2)cnn1-c1ccc(F)cc1. The van der Waals surface area contributed by atoms with Crippen LogP contribution < -0.4 is 5.32 Å². The molecule has 0 aliphatic heterocycles. The van der Waals surface area contributed by atoms with Crippen LogP contribution in [0.15, 0.2) is 66.2 Å². The summed E-state index contributed by atoms with van der Waals surface area (Å²) in [5.74, 6) is 0.280. The topological polar surface area (TPSA) is 88.5 Å². The van der Waals surface area contributed by atoms with Crippen LogP contribution in [0.3, 0.4) is 0 Å². The number of benzene rings is 2. The van der Waals surface area contributed by atoms with Crippen LogP contribution in [0.2, 0.25) is 0 Å². The van der Waals surface area contributed by atoms with Crippen LogP contribution in [-0.4, -0.2) is 30.9 Å². The van der Waals surface area contributed by atoms with Gasteiger partial charge in [0.25, 0.3) is 5.91 Å². The molecule has 0 bridgehead atoms. The summed E-state index contributed by atoms with van der Waals surface area (Å²) in [6.45, 7) is 3.84. The highest BCUT2D eigenvalue weighted by atomic mass is 32.2. The van der Waals surface area contributed by atoms with Gasteiger partial charge in [0.15, 0.2) is 5.16 Å². The highest BCUT2D eigenvalue weighted by Crippen LogP contribution is 2.22. The maximum atomic E-state index is 13.2. The monoisotopic (exact) mass is 436 g/mol. The fourth-order valence-corrected chi connectivity index (χ4v) is 3.95. The van der Waals surface area contributed by atoms with Crippen molar-refractivity contribution in [3.8, 4) is 5.69 Å². The van der Waals surface area contributed by atoms with Crippen molar-refractivity contribution in [2.24, 2.45) is 0 Å². The fraction of sp³-hybridized carbons (Fsp3) is 0.182. The molecule has 0 radical (unpaired) electrons. The number of halogens is 1. The molecule has 9 heteroatoms. The van der Waals surface area contributed by atoms with Gasteiger partial charge < -0.3 is 5.32 Å². The molecule has 158 valence electrons. The van der Waals surface area contributed by atoms with E-state index in [0.29, 0.717) is 5.56 Å². The minimum absolute atomic E-state index is 0.157. The Kier molecular flexibility index (Phi) is 6.13. The number of thioether (sulfide) groups is 1. The number of aromatic amines is 1. The minimum Gasteiger partial charge on any atom is -0.345 e. The Labute approximate surface area is 183 Å². The molecule has 4 aromatic rings. The molecule has 0 aliphatic rings. The molecule has 2 aromatic heterocycles. The van der Waals surface area contributed by atoms with Crippen LogP contribution in [0.4, 0.5) is 4.39 Å². The highest BCUT2D eigenvalue weighted by Gasteiger charge is 2.17. The summed E-state index contributed by atoms with van der Waals surface area (Å²) >= 11 is 1.55. The van der Waals surface area contributed by atoms with E-state index >= 15 is 0 Å². The third-order valence-corrected chi connectivity index (χ3v) is 5.87. The van der Waals surface area contributed by atoms with Crippen molar-refractivity contribution in [3.05, 3.63) is 89.3 Å². The van der Waals surface area contributed by atoms with Gasteiger partial charge in [0.2, 0.25) is 0 Å². The predicted molar refractivity (Wildman–Crippen MR) is 117 cm³/mol. The lowest BCUT2D eigenvalue weighted by Crippen LogP contribution is -2.26. The largest absolute Gasteiger partial charge is 0.345 e. The molecule has 2 aromatic carbocycles. The number of amides is 1. The molecule has 0 saturated heterocycles. The first-order valence-corrected chi connectivity index (χ1v) is 10.7. The number of aromatic nitrogens is 5. The van der Waals surface area contributed by atoms with Gasteiger partial charge in [0, 0.05) is 22.6 Å². The first-order chi connectivity index (χ1) is 15.0. The third-order valence-electron chi connectivity index (χ3n) is 4.92. The van der Waals surface area contributed by atoms with E-state index < -0.39 is 0 Å². The van der Waals surface area contributed by atoms with Gasteiger partial charge in [0.1, 0.15) is 12.1 Å². The van der Waals surface area contributed by atoms with Gasteiger partial charge in [-0.2, -0.15) is 10.2 Å². The van der Waals surface area contributed by atoms with Crippen LogP contribution in [0.5, 0.6) is 0 Å². The molecule has 0 saturated carbocycles. The van der Waals surface area contributed by atoms with Crippen molar-refractivity contribution in [1.82, 2.24) is 30.3 Å². The van der Waals surface area contributed by atoms with Gasteiger partial charge in [-0.3, -0.25) is 9.89 Å². The van der Waals surface area contributed by atoms with Gasteiger partial charge in [-0.1, -0.05) is 23.9 Å². The Morgan fingerprint density at radius 3 is 2.61 bits per heavy atom. The maximum Gasteiger partial charge on any atom is 0.251 e. The second kappa shape index (κ2) is 9.13. The Morgan fingerprint density at radius 1 is 1.19 bits per heavy atom. The van der Waals surface area contributed by atoms with Crippen LogP contribution in [-0.2, 0) is 5.75 Å². The van der Waals surface area contributed by atoms with Crippen molar-refractivity contribution in [3.63, 3.8) is 0 Å². The van der Waals surface area contributed by atoms with E-state index in [0.717, 1.165) is 33.4 Å². The zero-order chi connectivity index (χ0) is 21.8. The number of hydrogen-bond acceptors (Lipinski definition) is 5. The Bertz CT molecular complexity index is 1160. The number of carbonyl (C=O) groups excluding carboxylic acids is 1. The lowest BCUT2D eigenvalue weighted by molar-refractivity contribution is 0.0940. The molecule has 1 atom stereocenters. The summed E-state index contributed by atoms with van der Waals surface area (Å²) in [5.41, 5.74) is 4.23. The summed E-state index contributed by atoms with van der Waals surface area (Å²) in [5, 5.41) is 14.8. The van der Waals surface area contributed by atoms with Crippen LogP contribution in [0, 0.1) is 12.7 Å². The van der Waals surface area contributed by atoms with E-state index in [1.165, 1.54) is 18.5 Å². The molecule has 1 amide bonds. The van der Waals surface area contributed by atoms with E-state index in [1.54, 1.807) is 34.8 Å². The van der Waals surface area contributed by atoms with Crippen molar-refractivity contribution < 1.29 is 9.18 Å². The van der Waals surface area contributed by atoms with E-state index in [1.807, 2.05) is 38.1 Å². The standard InChI is InChI=1S/C22H21FN6OS/c1-14(20-11-26-29(15(20)2)19-9-7-18(23)8-10-19)27-21(30)17-5-3-16(4-6-17)12-31-22-24-13-25-28-22/h3-11,13-14H,12H2,1-2H3,(H,27,30)(H,24,25,28). The van der Waals surface area contributed by atoms with Gasteiger partial charge in [0.05, 0.1) is 17.9 Å². The number of carbonyl (C=O) groups is 1. The fourth-order valence-electron chi connectivity index (χ4n) is 3.22. The molecule has 2 N–H and O–H groups in total. The Hall–Kier alpha value is -3.46. The van der Waals surface area contributed by atoms with E-state index in [-0.39, 0.29) is 17.8 Å². The number of hydrogen-bond donors (Lipinski definition) is 2. The summed E-state index contributed by atoms with van der Waals surface area (Å²) < 4.78 is 14.9. The van der Waals surface area contributed by atoms with Crippen molar-refractivity contribution in [1.29, 1.82) is 0 Å². The van der Waals surface area contributed by atoms with E-state index in [9.17, 15) is 9.18 Å². The molecule has 4 rings (SSSR count). The number of nitrogens with zero attached hydrogens (tertiary/aromatic N) is 4. The molecule has 0 spiro atoms. The van der Waals surface area contributed by atoms with Gasteiger partial charge in [-0.25, -0.2) is 14.1 Å². The van der Waals surface area contributed by atoms with Gasteiger partial charge in [-0.05, 0) is 55.8 Å². The predicted octanol–water partition coefficient (Wildman–Crippen LogP) is 4.22. The molecule has 31 heavy (non-hydrogen) atoms. The maximum absolute atomic E-state index is 13.2. The second-order valence-corrected chi connectivity index (χ2v) is 8.01. The Morgan fingerprint density at radius 2 is 1.94 bits per heavy atom. The summed E-state index contributed by atoms with van der Waals surface area (Å²) in [7, 11) is 0. The molecule has 0 aliphatic carbocycles. The van der Waals surface area contributed by atoms with Crippen molar-refractivity contribution in [2.75, 3.05) is 0 Å². The first-order valence-electron chi connectivity index (χ1n) is 9.69. The zero-order valence-corrected chi connectivity index (χ0v) is 17.9. The number of nitrogens with one attached hydrogen (secondary N) is 2. The average Bonchev–Trinajstić information content (AvgIpc) is 3.43. The second-order valence-electron chi connectivity index (χ2n) is 7.04. The normalized spacial score (nSPS) is 12.0. The zero-order valence-electron chi connectivity index (χ0n) is 17.0. The summed E-state index contributed by atoms with van der Waals surface area (Å²) in [6, 6.07) is 13.4. The van der Waals surface area contributed by atoms with Crippen molar-refractivity contribution in [2.45, 2.75) is 30.8 Å². The van der Waals surface area contributed by atoms with Gasteiger partial charge >= 0.3 is 0 Å². The lowest BCUT2D eigenvalue weighted by atomic mass is 10.1. The molecular weight excluding hydrogens is 415 g/mol. The quantitative estimate of drug-likeness (QED) is 0.424. The molecule has 1 unspecified atom stereocenters. The number of rotatable bonds is 7. The smallest absolute Gasteiger partial charge is 0.251 e. The highest BCUT2D eigenvalue weighted by molar-refractivity contribution is 7.98. The molecule has 2 heterocycles. The average molecular weight is 437 g/mol. The molecular formula is C22H21FN6OS. The summed E-state index contributed by atoms with van der Waals surface area (Å²) in [6.07, 6.45) is 3.20.